The number of benzene rings is 1. The highest BCUT2D eigenvalue weighted by Crippen LogP contribution is 2.09. The standard InChI is InChI=1S/C15H22N2O3/c1-11(2)16-9-7-12-5-3-4-6-13(12)15(20)17-10-8-14(18)19/h3-6,11,16H,7-10H2,1-2H3,(H,17,20)(H,18,19). The molecular formula is C15H22N2O3. The minimum Gasteiger partial charge on any atom is -0.481 e. The van der Waals surface area contributed by atoms with E-state index in [2.05, 4.69) is 24.5 Å². The normalized spacial score (nSPS) is 10.6. The number of rotatable bonds is 8. The molecule has 0 saturated heterocycles. The predicted molar refractivity (Wildman–Crippen MR) is 77.9 cm³/mol. The lowest BCUT2D eigenvalue weighted by Crippen LogP contribution is -2.28. The number of hydrogen-bond acceptors (Lipinski definition) is 3. The third-order valence-corrected chi connectivity index (χ3v) is 2.83. The molecule has 0 aliphatic heterocycles. The van der Waals surface area contributed by atoms with Gasteiger partial charge in [-0.05, 0) is 24.6 Å². The van der Waals surface area contributed by atoms with Crippen molar-refractivity contribution in [1.29, 1.82) is 0 Å². The molecule has 3 N–H and O–H groups in total. The first-order valence-electron chi connectivity index (χ1n) is 6.82. The molecule has 1 rings (SSSR count). The van der Waals surface area contributed by atoms with Gasteiger partial charge in [-0.2, -0.15) is 0 Å². The first kappa shape index (κ1) is 16.2. The van der Waals surface area contributed by atoms with Gasteiger partial charge in [0.25, 0.3) is 5.91 Å². The van der Waals surface area contributed by atoms with Crippen LogP contribution in [0, 0.1) is 0 Å². The zero-order valence-electron chi connectivity index (χ0n) is 12.0. The van der Waals surface area contributed by atoms with E-state index in [9.17, 15) is 9.59 Å². The fraction of sp³-hybridized carbons (Fsp3) is 0.467. The van der Waals surface area contributed by atoms with E-state index in [0.29, 0.717) is 11.6 Å². The van der Waals surface area contributed by atoms with Crippen molar-refractivity contribution in [3.05, 3.63) is 35.4 Å². The molecule has 1 amide bonds. The third kappa shape index (κ3) is 5.84. The highest BCUT2D eigenvalue weighted by Gasteiger charge is 2.10. The fourth-order valence-electron chi connectivity index (χ4n) is 1.83. The maximum Gasteiger partial charge on any atom is 0.305 e. The Morgan fingerprint density at radius 2 is 1.90 bits per heavy atom. The Labute approximate surface area is 119 Å². The quantitative estimate of drug-likeness (QED) is 0.672. The molecule has 0 bridgehead atoms. The molecule has 0 saturated carbocycles. The molecule has 1 aromatic rings. The summed E-state index contributed by atoms with van der Waals surface area (Å²) in [5.74, 6) is -1.13. The van der Waals surface area contributed by atoms with E-state index in [0.717, 1.165) is 18.5 Å². The van der Waals surface area contributed by atoms with Gasteiger partial charge in [0.2, 0.25) is 0 Å². The molecule has 0 aliphatic rings. The fourth-order valence-corrected chi connectivity index (χ4v) is 1.83. The summed E-state index contributed by atoms with van der Waals surface area (Å²) in [7, 11) is 0. The smallest absolute Gasteiger partial charge is 0.305 e. The molecular weight excluding hydrogens is 256 g/mol. The van der Waals surface area contributed by atoms with Crippen LogP contribution in [0.2, 0.25) is 0 Å². The van der Waals surface area contributed by atoms with Crippen LogP contribution in [-0.4, -0.2) is 36.1 Å². The van der Waals surface area contributed by atoms with E-state index in [1.807, 2.05) is 18.2 Å². The van der Waals surface area contributed by atoms with Gasteiger partial charge < -0.3 is 15.7 Å². The molecule has 0 heterocycles. The second kappa shape index (κ2) is 8.32. The monoisotopic (exact) mass is 278 g/mol. The van der Waals surface area contributed by atoms with Gasteiger partial charge in [0.1, 0.15) is 0 Å². The van der Waals surface area contributed by atoms with Gasteiger partial charge in [-0.15, -0.1) is 0 Å². The second-order valence-corrected chi connectivity index (χ2v) is 4.92. The van der Waals surface area contributed by atoms with Crippen molar-refractivity contribution >= 4 is 11.9 Å². The number of carboxylic acid groups (broad SMARTS) is 1. The molecule has 5 nitrogen and oxygen atoms in total. The van der Waals surface area contributed by atoms with Crippen LogP contribution >= 0.6 is 0 Å². The van der Waals surface area contributed by atoms with Gasteiger partial charge in [-0.1, -0.05) is 32.0 Å². The molecule has 0 aromatic heterocycles. The predicted octanol–water partition coefficient (Wildman–Crippen LogP) is 1.43. The van der Waals surface area contributed by atoms with E-state index >= 15 is 0 Å². The van der Waals surface area contributed by atoms with E-state index in [-0.39, 0.29) is 18.9 Å². The summed E-state index contributed by atoms with van der Waals surface area (Å²) in [5, 5.41) is 14.5. The summed E-state index contributed by atoms with van der Waals surface area (Å²) >= 11 is 0. The Kier molecular flexibility index (Phi) is 6.73. The van der Waals surface area contributed by atoms with Gasteiger partial charge in [-0.3, -0.25) is 9.59 Å². The maximum atomic E-state index is 12.0. The number of aliphatic carboxylic acids is 1. The SMILES string of the molecule is CC(C)NCCc1ccccc1C(=O)NCCC(=O)O. The molecule has 0 radical (unpaired) electrons. The number of carboxylic acids is 1. The van der Waals surface area contributed by atoms with Gasteiger partial charge in [-0.25, -0.2) is 0 Å². The number of nitrogens with one attached hydrogen (secondary N) is 2. The largest absolute Gasteiger partial charge is 0.481 e. The Hall–Kier alpha value is -1.88. The van der Waals surface area contributed by atoms with Crippen LogP contribution in [0.15, 0.2) is 24.3 Å². The third-order valence-electron chi connectivity index (χ3n) is 2.83. The van der Waals surface area contributed by atoms with Crippen LogP contribution in [0.3, 0.4) is 0 Å². The van der Waals surface area contributed by atoms with Crippen molar-refractivity contribution < 1.29 is 14.7 Å². The number of carbonyl (C=O) groups excluding carboxylic acids is 1. The summed E-state index contributed by atoms with van der Waals surface area (Å²) in [5.41, 5.74) is 1.58. The second-order valence-electron chi connectivity index (χ2n) is 4.92. The van der Waals surface area contributed by atoms with Crippen LogP contribution in [0.1, 0.15) is 36.2 Å². The van der Waals surface area contributed by atoms with Crippen LogP contribution < -0.4 is 10.6 Å². The summed E-state index contributed by atoms with van der Waals surface area (Å²) in [6.07, 6.45) is 0.698. The van der Waals surface area contributed by atoms with Gasteiger partial charge in [0.05, 0.1) is 6.42 Å². The molecule has 0 unspecified atom stereocenters. The van der Waals surface area contributed by atoms with Crippen molar-refractivity contribution in [3.63, 3.8) is 0 Å². The first-order chi connectivity index (χ1) is 9.50. The lowest BCUT2D eigenvalue weighted by atomic mass is 10.0. The lowest BCUT2D eigenvalue weighted by molar-refractivity contribution is -0.136. The average molecular weight is 278 g/mol. The molecule has 5 heteroatoms. The van der Waals surface area contributed by atoms with Gasteiger partial charge in [0, 0.05) is 18.2 Å². The zero-order valence-corrected chi connectivity index (χ0v) is 12.0. The minimum atomic E-state index is -0.917. The Morgan fingerprint density at radius 3 is 2.55 bits per heavy atom. The molecule has 0 fully saturated rings. The number of amides is 1. The van der Waals surface area contributed by atoms with Gasteiger partial charge >= 0.3 is 5.97 Å². The number of hydrogen-bond donors (Lipinski definition) is 3. The molecule has 110 valence electrons. The lowest BCUT2D eigenvalue weighted by Gasteiger charge is -2.11. The Bertz CT molecular complexity index is 458. The first-order valence-corrected chi connectivity index (χ1v) is 6.82. The molecule has 0 atom stereocenters. The van der Waals surface area contributed by atoms with E-state index < -0.39 is 5.97 Å². The average Bonchev–Trinajstić information content (AvgIpc) is 2.38. The summed E-state index contributed by atoms with van der Waals surface area (Å²) < 4.78 is 0. The molecule has 0 spiro atoms. The molecule has 20 heavy (non-hydrogen) atoms. The van der Waals surface area contributed by atoms with Crippen molar-refractivity contribution in [2.24, 2.45) is 0 Å². The Balaban J connectivity index is 2.59. The van der Waals surface area contributed by atoms with E-state index in [1.54, 1.807) is 6.07 Å². The zero-order chi connectivity index (χ0) is 15.0. The van der Waals surface area contributed by atoms with Crippen molar-refractivity contribution in [2.45, 2.75) is 32.7 Å². The summed E-state index contributed by atoms with van der Waals surface area (Å²) in [4.78, 5) is 22.4. The van der Waals surface area contributed by atoms with Crippen LogP contribution in [0.4, 0.5) is 0 Å². The minimum absolute atomic E-state index is 0.0667. The van der Waals surface area contributed by atoms with Crippen LogP contribution in [0.5, 0.6) is 0 Å². The van der Waals surface area contributed by atoms with E-state index in [4.69, 9.17) is 5.11 Å². The maximum absolute atomic E-state index is 12.0. The highest BCUT2D eigenvalue weighted by molar-refractivity contribution is 5.95. The molecule has 0 aliphatic carbocycles. The van der Waals surface area contributed by atoms with E-state index in [1.165, 1.54) is 0 Å². The topological polar surface area (TPSA) is 78.4 Å². The van der Waals surface area contributed by atoms with Crippen molar-refractivity contribution in [1.82, 2.24) is 10.6 Å². The van der Waals surface area contributed by atoms with Crippen LogP contribution in [0.25, 0.3) is 0 Å². The number of carbonyl (C=O) groups is 2. The van der Waals surface area contributed by atoms with Crippen molar-refractivity contribution in [3.8, 4) is 0 Å². The molecule has 1 aromatic carbocycles. The van der Waals surface area contributed by atoms with Crippen molar-refractivity contribution in [2.75, 3.05) is 13.1 Å². The summed E-state index contributed by atoms with van der Waals surface area (Å²) in [6, 6.07) is 7.81. The summed E-state index contributed by atoms with van der Waals surface area (Å²) in [6.45, 7) is 5.10. The highest BCUT2D eigenvalue weighted by atomic mass is 16.4. The Morgan fingerprint density at radius 1 is 1.20 bits per heavy atom. The van der Waals surface area contributed by atoms with Crippen LogP contribution in [-0.2, 0) is 11.2 Å². The van der Waals surface area contributed by atoms with Gasteiger partial charge in [0.15, 0.2) is 0 Å².